The Labute approximate surface area is 103 Å². The Balaban J connectivity index is 3.15. The van der Waals surface area contributed by atoms with Gasteiger partial charge in [-0.25, -0.2) is 8.78 Å². The average molecular weight is 347 g/mol. The lowest BCUT2D eigenvalue weighted by Gasteiger charge is -2.07. The van der Waals surface area contributed by atoms with E-state index < -0.39 is 18.1 Å². The van der Waals surface area contributed by atoms with Gasteiger partial charge >= 0.3 is 5.97 Å². The van der Waals surface area contributed by atoms with Crippen LogP contribution < -0.4 is 0 Å². The normalized spacial score (nSPS) is 10.7. The van der Waals surface area contributed by atoms with E-state index >= 15 is 0 Å². The third-order valence-electron chi connectivity index (χ3n) is 1.61. The summed E-state index contributed by atoms with van der Waals surface area (Å²) in [6.45, 7) is 0. The summed E-state index contributed by atoms with van der Waals surface area (Å²) in [6, 6.07) is 0. The number of hydrogen-bond acceptors (Lipinski definition) is 2. The SMILES string of the molecule is O=C(O)Cc1cnc(C(F)F)c(I)c1Cl. The van der Waals surface area contributed by atoms with Gasteiger partial charge in [-0.1, -0.05) is 11.6 Å². The molecule has 0 spiro atoms. The first-order valence-electron chi connectivity index (χ1n) is 3.76. The van der Waals surface area contributed by atoms with E-state index in [1.807, 2.05) is 0 Å². The largest absolute Gasteiger partial charge is 0.481 e. The average Bonchev–Trinajstić information content (AvgIpc) is 2.12. The van der Waals surface area contributed by atoms with Gasteiger partial charge in [0.25, 0.3) is 6.43 Å². The van der Waals surface area contributed by atoms with Crippen LogP contribution in [0.4, 0.5) is 8.78 Å². The van der Waals surface area contributed by atoms with Gasteiger partial charge in [0.05, 0.1) is 15.0 Å². The molecule has 0 saturated heterocycles. The molecule has 0 atom stereocenters. The highest BCUT2D eigenvalue weighted by Gasteiger charge is 2.18. The Morgan fingerprint density at radius 2 is 2.27 bits per heavy atom. The van der Waals surface area contributed by atoms with Gasteiger partial charge in [0.15, 0.2) is 0 Å². The summed E-state index contributed by atoms with van der Waals surface area (Å²) < 4.78 is 24.8. The molecule has 0 amide bonds. The van der Waals surface area contributed by atoms with E-state index in [0.717, 1.165) is 6.20 Å². The summed E-state index contributed by atoms with van der Waals surface area (Å²) in [5.41, 5.74) is -0.187. The van der Waals surface area contributed by atoms with Gasteiger partial charge in [-0.15, -0.1) is 0 Å². The van der Waals surface area contributed by atoms with Crippen LogP contribution in [-0.4, -0.2) is 16.1 Å². The molecule has 0 saturated carbocycles. The quantitative estimate of drug-likeness (QED) is 0.856. The first-order valence-corrected chi connectivity index (χ1v) is 5.22. The minimum absolute atomic E-state index is 0.0308. The first kappa shape index (κ1) is 12.6. The third kappa shape index (κ3) is 2.97. The molecule has 0 aromatic carbocycles. The van der Waals surface area contributed by atoms with Crippen molar-refractivity contribution in [3.8, 4) is 0 Å². The highest BCUT2D eigenvalue weighted by Crippen LogP contribution is 2.30. The van der Waals surface area contributed by atoms with Crippen LogP contribution >= 0.6 is 34.2 Å². The maximum Gasteiger partial charge on any atom is 0.307 e. The molecular weight excluding hydrogens is 342 g/mol. The summed E-state index contributed by atoms with van der Waals surface area (Å²) in [5, 5.41) is 8.55. The summed E-state index contributed by atoms with van der Waals surface area (Å²) in [6.07, 6.45) is -1.97. The molecule has 0 radical (unpaired) electrons. The van der Waals surface area contributed by atoms with Crippen molar-refractivity contribution in [3.05, 3.63) is 26.0 Å². The van der Waals surface area contributed by atoms with Crippen LogP contribution in [0.5, 0.6) is 0 Å². The van der Waals surface area contributed by atoms with Crippen molar-refractivity contribution in [2.75, 3.05) is 0 Å². The van der Waals surface area contributed by atoms with Crippen LogP contribution in [-0.2, 0) is 11.2 Å². The van der Waals surface area contributed by atoms with E-state index in [-0.39, 0.29) is 20.6 Å². The van der Waals surface area contributed by atoms with Crippen LogP contribution in [0.3, 0.4) is 0 Å². The van der Waals surface area contributed by atoms with Crippen LogP contribution in [0.25, 0.3) is 0 Å². The molecule has 1 rings (SSSR count). The maximum atomic E-state index is 12.4. The highest BCUT2D eigenvalue weighted by molar-refractivity contribution is 14.1. The number of carboxylic acids is 1. The fourth-order valence-corrected chi connectivity index (χ4v) is 1.89. The number of aromatic nitrogens is 1. The number of hydrogen-bond donors (Lipinski definition) is 1. The monoisotopic (exact) mass is 347 g/mol. The molecule has 1 heterocycles. The topological polar surface area (TPSA) is 50.2 Å². The molecule has 1 aromatic heterocycles. The minimum Gasteiger partial charge on any atom is -0.481 e. The van der Waals surface area contributed by atoms with Crippen LogP contribution in [0.15, 0.2) is 6.20 Å². The Morgan fingerprint density at radius 3 is 2.73 bits per heavy atom. The summed E-state index contributed by atoms with van der Waals surface area (Å²) >= 11 is 7.37. The second-order valence-electron chi connectivity index (χ2n) is 2.67. The van der Waals surface area contributed by atoms with E-state index in [2.05, 4.69) is 4.98 Å². The van der Waals surface area contributed by atoms with E-state index in [1.165, 1.54) is 0 Å². The first-order chi connectivity index (χ1) is 6.93. The molecule has 7 heteroatoms. The third-order valence-corrected chi connectivity index (χ3v) is 3.45. The number of nitrogens with zero attached hydrogens (tertiary/aromatic N) is 1. The molecule has 0 bridgehead atoms. The Hall–Kier alpha value is -0.500. The number of rotatable bonds is 3. The molecule has 0 aliphatic heterocycles. The maximum absolute atomic E-state index is 12.4. The smallest absolute Gasteiger partial charge is 0.307 e. The second-order valence-corrected chi connectivity index (χ2v) is 4.12. The molecule has 0 fully saturated rings. The molecule has 0 aliphatic carbocycles. The Morgan fingerprint density at radius 1 is 1.67 bits per heavy atom. The van der Waals surface area contributed by atoms with Crippen molar-refractivity contribution in [1.82, 2.24) is 4.98 Å². The number of aliphatic carboxylic acids is 1. The molecule has 3 nitrogen and oxygen atoms in total. The predicted octanol–water partition coefficient (Wildman–Crippen LogP) is 2.90. The summed E-state index contributed by atoms with van der Waals surface area (Å²) in [7, 11) is 0. The molecule has 1 N–H and O–H groups in total. The van der Waals surface area contributed by atoms with Gasteiger partial charge in [-0.2, -0.15) is 0 Å². The number of carboxylic acid groups (broad SMARTS) is 1. The van der Waals surface area contributed by atoms with Crippen molar-refractivity contribution in [3.63, 3.8) is 0 Å². The van der Waals surface area contributed by atoms with E-state index in [4.69, 9.17) is 16.7 Å². The molecule has 1 aromatic rings. The lowest BCUT2D eigenvalue weighted by molar-refractivity contribution is -0.136. The number of halogens is 4. The molecule has 82 valence electrons. The zero-order valence-corrected chi connectivity index (χ0v) is 10.1. The van der Waals surface area contributed by atoms with Gasteiger partial charge in [0.2, 0.25) is 0 Å². The van der Waals surface area contributed by atoms with Crippen molar-refractivity contribution in [2.24, 2.45) is 0 Å². The van der Waals surface area contributed by atoms with Crippen molar-refractivity contribution >= 4 is 40.2 Å². The fourth-order valence-electron chi connectivity index (χ4n) is 0.953. The summed E-state index contributed by atoms with van der Waals surface area (Å²) in [5.74, 6) is -1.08. The van der Waals surface area contributed by atoms with Gasteiger partial charge in [-0.3, -0.25) is 9.78 Å². The van der Waals surface area contributed by atoms with E-state index in [0.29, 0.717) is 0 Å². The molecule has 15 heavy (non-hydrogen) atoms. The van der Waals surface area contributed by atoms with Crippen LogP contribution in [0, 0.1) is 3.57 Å². The van der Waals surface area contributed by atoms with Gasteiger partial charge in [-0.05, 0) is 22.6 Å². The van der Waals surface area contributed by atoms with Crippen molar-refractivity contribution in [1.29, 1.82) is 0 Å². The number of carbonyl (C=O) groups is 1. The Bertz CT molecular complexity index is 400. The number of pyridine rings is 1. The molecule has 0 unspecified atom stereocenters. The van der Waals surface area contributed by atoms with Gasteiger partial charge < -0.3 is 5.11 Å². The van der Waals surface area contributed by atoms with E-state index in [1.54, 1.807) is 22.6 Å². The predicted molar refractivity (Wildman–Crippen MR) is 58.3 cm³/mol. The second kappa shape index (κ2) is 5.02. The standard InChI is InChI=1S/C8H5ClF2INO2/c9-5-3(1-4(14)15)2-13-7(6(5)12)8(10)11/h2,8H,1H2,(H,14,15). The lowest BCUT2D eigenvalue weighted by Crippen LogP contribution is -2.05. The van der Waals surface area contributed by atoms with Gasteiger partial charge in [0, 0.05) is 11.8 Å². The van der Waals surface area contributed by atoms with Gasteiger partial charge in [0.1, 0.15) is 5.69 Å². The lowest BCUT2D eigenvalue weighted by atomic mass is 10.2. The number of alkyl halides is 2. The summed E-state index contributed by atoms with van der Waals surface area (Å²) in [4.78, 5) is 13.9. The molecule has 0 aliphatic rings. The van der Waals surface area contributed by atoms with E-state index in [9.17, 15) is 13.6 Å². The van der Waals surface area contributed by atoms with Crippen molar-refractivity contribution in [2.45, 2.75) is 12.8 Å². The highest BCUT2D eigenvalue weighted by atomic mass is 127. The fraction of sp³-hybridized carbons (Fsp3) is 0.250. The zero-order chi connectivity index (χ0) is 11.6. The van der Waals surface area contributed by atoms with Crippen LogP contribution in [0.2, 0.25) is 5.02 Å². The van der Waals surface area contributed by atoms with Crippen LogP contribution in [0.1, 0.15) is 17.7 Å². The Kier molecular flexibility index (Phi) is 4.21. The molecular formula is C8H5ClF2INO2. The van der Waals surface area contributed by atoms with Crippen molar-refractivity contribution < 1.29 is 18.7 Å². The minimum atomic E-state index is -2.71. The zero-order valence-electron chi connectivity index (χ0n) is 7.18.